The van der Waals surface area contributed by atoms with Crippen molar-refractivity contribution in [1.29, 1.82) is 5.41 Å². The largest absolute Gasteiger partial charge is 0.491 e. The lowest BCUT2D eigenvalue weighted by atomic mass is 10.1. The highest BCUT2D eigenvalue weighted by atomic mass is 32.2. The van der Waals surface area contributed by atoms with Gasteiger partial charge in [0.15, 0.2) is 5.03 Å². The predicted octanol–water partition coefficient (Wildman–Crippen LogP) is 3.98. The van der Waals surface area contributed by atoms with Gasteiger partial charge in [0, 0.05) is 43.0 Å². The van der Waals surface area contributed by atoms with Crippen LogP contribution in [0, 0.1) is 5.41 Å². The van der Waals surface area contributed by atoms with Gasteiger partial charge in [0.1, 0.15) is 22.4 Å². The van der Waals surface area contributed by atoms with Gasteiger partial charge in [-0.05, 0) is 55.3 Å². The highest BCUT2D eigenvalue weighted by Gasteiger charge is 2.25. The van der Waals surface area contributed by atoms with Crippen molar-refractivity contribution in [2.45, 2.75) is 25.0 Å². The van der Waals surface area contributed by atoms with Crippen LogP contribution in [0.1, 0.15) is 19.4 Å². The van der Waals surface area contributed by atoms with Crippen molar-refractivity contribution in [3.05, 3.63) is 79.0 Å². The quantitative estimate of drug-likeness (QED) is 0.299. The van der Waals surface area contributed by atoms with Crippen LogP contribution in [-0.2, 0) is 10.0 Å². The van der Waals surface area contributed by atoms with Crippen LogP contribution in [0.25, 0.3) is 33.4 Å². The number of hydrogen-bond donors (Lipinski definition) is 2. The number of nitrogens with one attached hydrogen (secondary N) is 2. The molecule has 4 aromatic heterocycles. The summed E-state index contributed by atoms with van der Waals surface area (Å²) in [6.45, 7) is 3.93. The van der Waals surface area contributed by atoms with Gasteiger partial charge in [0.25, 0.3) is 0 Å². The smallest absolute Gasteiger partial charge is 0.301 e. The standard InChI is InChI=1S/C26H25N7O3S/c1-17(2)36-22-7-4-18(5-8-22)19-6-9-25-30-15-26(32(25)16-19)37(34,35)33-24-10-20(21(11-27)12-28-3)13-29-23(24)14-31-33/h4-17,27-28H,1-3H3/b21-12+,27-11?. The zero-order valence-electron chi connectivity index (χ0n) is 20.5. The highest BCUT2D eigenvalue weighted by Crippen LogP contribution is 2.27. The average Bonchev–Trinajstić information content (AvgIpc) is 3.51. The molecule has 0 aliphatic carbocycles. The molecule has 5 aromatic rings. The molecule has 0 radical (unpaired) electrons. The van der Waals surface area contributed by atoms with Crippen molar-refractivity contribution < 1.29 is 13.2 Å². The van der Waals surface area contributed by atoms with E-state index in [4.69, 9.17) is 10.1 Å². The topological polar surface area (TPSA) is 127 Å². The Kier molecular flexibility index (Phi) is 6.22. The molecule has 1 aromatic carbocycles. The van der Waals surface area contributed by atoms with Crippen molar-refractivity contribution in [3.63, 3.8) is 0 Å². The van der Waals surface area contributed by atoms with Gasteiger partial charge < -0.3 is 15.5 Å². The van der Waals surface area contributed by atoms with Gasteiger partial charge >= 0.3 is 10.0 Å². The van der Waals surface area contributed by atoms with E-state index in [-0.39, 0.29) is 11.1 Å². The van der Waals surface area contributed by atoms with Crippen molar-refractivity contribution in [3.8, 4) is 16.9 Å². The summed E-state index contributed by atoms with van der Waals surface area (Å²) in [4.78, 5) is 8.64. The molecule has 37 heavy (non-hydrogen) atoms. The van der Waals surface area contributed by atoms with Crippen LogP contribution in [-0.4, -0.2) is 51.3 Å². The Balaban J connectivity index is 1.59. The average molecular weight is 516 g/mol. The van der Waals surface area contributed by atoms with Crippen LogP contribution in [0.5, 0.6) is 5.75 Å². The van der Waals surface area contributed by atoms with Gasteiger partial charge in [-0.3, -0.25) is 9.38 Å². The number of nitrogens with zero attached hydrogens (tertiary/aromatic N) is 5. The number of benzene rings is 1. The zero-order chi connectivity index (χ0) is 26.2. The molecule has 11 heteroatoms. The second-order valence-electron chi connectivity index (χ2n) is 8.59. The third-order valence-electron chi connectivity index (χ3n) is 5.70. The van der Waals surface area contributed by atoms with E-state index in [1.807, 2.05) is 44.2 Å². The number of hydrogen-bond acceptors (Lipinski definition) is 8. The number of allylic oxidation sites excluding steroid dienone is 1. The Morgan fingerprint density at radius 1 is 1.05 bits per heavy atom. The summed E-state index contributed by atoms with van der Waals surface area (Å²) in [6.07, 6.45) is 8.92. The number of rotatable bonds is 8. The lowest BCUT2D eigenvalue weighted by molar-refractivity contribution is 0.242. The molecule has 0 amide bonds. The highest BCUT2D eigenvalue weighted by molar-refractivity contribution is 7.90. The maximum atomic E-state index is 13.8. The van der Waals surface area contributed by atoms with Crippen molar-refractivity contribution in [1.82, 2.24) is 28.9 Å². The molecule has 0 aliphatic heterocycles. The van der Waals surface area contributed by atoms with Gasteiger partial charge in [-0.15, -0.1) is 0 Å². The second kappa shape index (κ2) is 9.51. The monoisotopic (exact) mass is 515 g/mol. The lowest BCUT2D eigenvalue weighted by Gasteiger charge is -2.11. The van der Waals surface area contributed by atoms with E-state index >= 15 is 0 Å². The van der Waals surface area contributed by atoms with Gasteiger partial charge in [0.2, 0.25) is 0 Å². The van der Waals surface area contributed by atoms with Gasteiger partial charge in [-0.25, -0.2) is 4.98 Å². The van der Waals surface area contributed by atoms with Crippen LogP contribution in [0.2, 0.25) is 0 Å². The second-order valence-corrected chi connectivity index (χ2v) is 10.3. The summed E-state index contributed by atoms with van der Waals surface area (Å²) >= 11 is 0. The van der Waals surface area contributed by atoms with Crippen LogP contribution < -0.4 is 10.1 Å². The summed E-state index contributed by atoms with van der Waals surface area (Å²) in [5.41, 5.74) is 4.06. The molecule has 188 valence electrons. The summed E-state index contributed by atoms with van der Waals surface area (Å²) in [5.74, 6) is 0.764. The van der Waals surface area contributed by atoms with E-state index in [9.17, 15) is 8.42 Å². The Morgan fingerprint density at radius 3 is 2.51 bits per heavy atom. The minimum Gasteiger partial charge on any atom is -0.491 e. The molecule has 0 bridgehead atoms. The van der Waals surface area contributed by atoms with E-state index in [2.05, 4.69) is 20.4 Å². The Labute approximate surface area is 213 Å². The van der Waals surface area contributed by atoms with E-state index in [0.717, 1.165) is 21.0 Å². The lowest BCUT2D eigenvalue weighted by Crippen LogP contribution is -2.16. The van der Waals surface area contributed by atoms with E-state index in [1.165, 1.54) is 23.0 Å². The molecule has 2 N–H and O–H groups in total. The summed E-state index contributed by atoms with van der Waals surface area (Å²) in [7, 11) is -2.41. The van der Waals surface area contributed by atoms with Crippen molar-refractivity contribution >= 4 is 38.5 Å². The molecule has 5 rings (SSSR count). The van der Waals surface area contributed by atoms with Crippen LogP contribution >= 0.6 is 0 Å². The van der Waals surface area contributed by atoms with Crippen LogP contribution in [0.3, 0.4) is 0 Å². The minimum absolute atomic E-state index is 0.0300. The van der Waals surface area contributed by atoms with E-state index < -0.39 is 10.0 Å². The molecular weight excluding hydrogens is 490 g/mol. The minimum atomic E-state index is -4.13. The molecule has 0 aliphatic rings. The number of pyridine rings is 2. The first-order valence-corrected chi connectivity index (χ1v) is 13.0. The molecule has 10 nitrogen and oxygen atoms in total. The Bertz CT molecular complexity index is 1750. The first-order chi connectivity index (χ1) is 17.8. The SMILES string of the molecule is CN/C=C(\C=N)c1cnc2cnn(S(=O)(=O)c3cnc4ccc(-c5ccc(OC(C)C)cc5)cn34)c2c1. The van der Waals surface area contributed by atoms with Gasteiger partial charge in [0.05, 0.1) is 18.5 Å². The fraction of sp³-hybridized carbons (Fsp3) is 0.154. The third-order valence-corrected chi connectivity index (χ3v) is 7.28. The van der Waals surface area contributed by atoms with E-state index in [1.54, 1.807) is 37.8 Å². The maximum absolute atomic E-state index is 13.8. The Morgan fingerprint density at radius 2 is 1.81 bits per heavy atom. The van der Waals surface area contributed by atoms with Crippen molar-refractivity contribution in [2.75, 3.05) is 7.05 Å². The number of imidazole rings is 1. The Hall–Kier alpha value is -4.51. The summed E-state index contributed by atoms with van der Waals surface area (Å²) in [6, 6.07) is 12.9. The predicted molar refractivity (Wildman–Crippen MR) is 142 cm³/mol. The maximum Gasteiger partial charge on any atom is 0.301 e. The van der Waals surface area contributed by atoms with E-state index in [0.29, 0.717) is 27.8 Å². The fourth-order valence-corrected chi connectivity index (χ4v) is 5.34. The third kappa shape index (κ3) is 4.45. The molecule has 0 saturated heterocycles. The molecule has 0 fully saturated rings. The molecule has 0 spiro atoms. The molecule has 0 atom stereocenters. The number of ether oxygens (including phenoxy) is 1. The summed E-state index contributed by atoms with van der Waals surface area (Å²) < 4.78 is 35.8. The fourth-order valence-electron chi connectivity index (χ4n) is 4.01. The van der Waals surface area contributed by atoms with Gasteiger partial charge in [-0.1, -0.05) is 12.1 Å². The van der Waals surface area contributed by atoms with Crippen molar-refractivity contribution in [2.24, 2.45) is 0 Å². The first-order valence-electron chi connectivity index (χ1n) is 11.5. The molecular formula is C26H25N7O3S. The first kappa shape index (κ1) is 24.2. The number of aromatic nitrogens is 5. The summed E-state index contributed by atoms with van der Waals surface area (Å²) in [5, 5.41) is 14.6. The van der Waals surface area contributed by atoms with Crippen LogP contribution in [0.4, 0.5) is 0 Å². The van der Waals surface area contributed by atoms with Crippen LogP contribution in [0.15, 0.2) is 78.5 Å². The molecule has 4 heterocycles. The molecule has 0 unspecified atom stereocenters. The normalized spacial score (nSPS) is 12.4. The van der Waals surface area contributed by atoms with Gasteiger partial charge in [-0.2, -0.15) is 17.6 Å². The zero-order valence-corrected chi connectivity index (χ0v) is 21.3. The number of fused-ring (bicyclic) bond motifs is 2. The molecule has 0 saturated carbocycles.